The van der Waals surface area contributed by atoms with Crippen molar-refractivity contribution in [3.05, 3.63) is 28.5 Å². The molecule has 0 amide bonds. The largest absolute Gasteiger partial charge is 0.314 e. The molecule has 0 saturated heterocycles. The lowest BCUT2D eigenvalue weighted by atomic mass is 10.1. The van der Waals surface area contributed by atoms with Crippen LogP contribution >= 0.6 is 11.6 Å². The highest BCUT2D eigenvalue weighted by molar-refractivity contribution is 6.29. The molecule has 0 aliphatic heterocycles. The average Bonchev–Trinajstić information content (AvgIpc) is 2.04. The Morgan fingerprint density at radius 3 is 2.92 bits per heavy atom. The molecule has 2 N–H and O–H groups in total. The molecule has 0 aliphatic carbocycles. The van der Waals surface area contributed by atoms with Crippen molar-refractivity contribution in [1.29, 1.82) is 5.41 Å². The third-order valence-corrected chi connectivity index (χ3v) is 1.96. The van der Waals surface area contributed by atoms with Gasteiger partial charge in [0.25, 0.3) is 0 Å². The summed E-state index contributed by atoms with van der Waals surface area (Å²) in [5, 5.41) is 11.1. The molecule has 0 spiro atoms. The van der Waals surface area contributed by atoms with E-state index < -0.39 is 0 Å². The fourth-order valence-electron chi connectivity index (χ4n) is 1.11. The van der Waals surface area contributed by atoms with Crippen molar-refractivity contribution in [1.82, 2.24) is 10.3 Å². The number of nitrogens with one attached hydrogen (secondary N) is 2. The van der Waals surface area contributed by atoms with E-state index in [9.17, 15) is 0 Å². The first kappa shape index (κ1) is 10.2. The molecule has 0 atom stereocenters. The van der Waals surface area contributed by atoms with Gasteiger partial charge in [0.2, 0.25) is 0 Å². The summed E-state index contributed by atoms with van der Waals surface area (Å²) in [6.07, 6.45) is 1.64. The molecule has 3 nitrogen and oxygen atoms in total. The van der Waals surface area contributed by atoms with Gasteiger partial charge in [-0.25, -0.2) is 4.98 Å². The van der Waals surface area contributed by atoms with Crippen molar-refractivity contribution >= 4 is 17.3 Å². The van der Waals surface area contributed by atoms with Crippen LogP contribution in [0, 0.1) is 12.3 Å². The predicted octanol–water partition coefficient (Wildman–Crippen LogP) is 1.63. The van der Waals surface area contributed by atoms with Crippen LogP contribution in [0.5, 0.6) is 0 Å². The lowest BCUT2D eigenvalue weighted by Gasteiger charge is -2.06. The van der Waals surface area contributed by atoms with Gasteiger partial charge in [-0.1, -0.05) is 11.6 Å². The molecule has 1 aromatic rings. The van der Waals surface area contributed by atoms with Crippen molar-refractivity contribution in [3.8, 4) is 0 Å². The van der Waals surface area contributed by atoms with E-state index in [1.54, 1.807) is 12.3 Å². The third-order valence-electron chi connectivity index (χ3n) is 1.76. The minimum atomic E-state index is 0.471. The molecule has 4 heteroatoms. The zero-order valence-electron chi connectivity index (χ0n) is 7.69. The van der Waals surface area contributed by atoms with Crippen LogP contribution in [0.3, 0.4) is 0 Å². The molecule has 1 rings (SSSR count). The van der Waals surface area contributed by atoms with Crippen LogP contribution < -0.4 is 5.32 Å². The van der Waals surface area contributed by atoms with E-state index in [0.717, 1.165) is 11.1 Å². The maximum absolute atomic E-state index is 7.70. The van der Waals surface area contributed by atoms with Gasteiger partial charge >= 0.3 is 0 Å². The van der Waals surface area contributed by atoms with Gasteiger partial charge in [-0.3, -0.25) is 0 Å². The van der Waals surface area contributed by atoms with E-state index in [1.165, 1.54) is 0 Å². The zero-order valence-corrected chi connectivity index (χ0v) is 8.44. The summed E-state index contributed by atoms with van der Waals surface area (Å²) in [4.78, 5) is 3.94. The van der Waals surface area contributed by atoms with Crippen LogP contribution in [0.2, 0.25) is 5.15 Å². The number of aromatic nitrogens is 1. The zero-order chi connectivity index (χ0) is 9.84. The standard InChI is InChI=1S/C9H12ClN3/c1-6-3-9(10)13-4-7(6)8(11)5-12-2/h3-4,11-12H,5H2,1-2H3. The average molecular weight is 198 g/mol. The molecular formula is C9H12ClN3. The molecule has 0 aliphatic rings. The lowest BCUT2D eigenvalue weighted by molar-refractivity contribution is 0.940. The summed E-state index contributed by atoms with van der Waals surface area (Å²) < 4.78 is 0. The van der Waals surface area contributed by atoms with E-state index in [4.69, 9.17) is 17.0 Å². The van der Waals surface area contributed by atoms with Crippen molar-refractivity contribution in [3.63, 3.8) is 0 Å². The molecule has 0 bridgehead atoms. The Kier molecular flexibility index (Phi) is 3.39. The van der Waals surface area contributed by atoms with Crippen molar-refractivity contribution < 1.29 is 0 Å². The van der Waals surface area contributed by atoms with E-state index in [1.807, 2.05) is 14.0 Å². The number of hydrogen-bond donors (Lipinski definition) is 2. The van der Waals surface area contributed by atoms with Crippen LogP contribution in [0.25, 0.3) is 0 Å². The van der Waals surface area contributed by atoms with Crippen LogP contribution in [0.15, 0.2) is 12.3 Å². The number of likely N-dealkylation sites (N-methyl/N-ethyl adjacent to an activating group) is 1. The SMILES string of the molecule is CNCC(=N)c1cnc(Cl)cc1C. The number of rotatable bonds is 3. The predicted molar refractivity (Wildman–Crippen MR) is 54.7 cm³/mol. The molecule has 13 heavy (non-hydrogen) atoms. The van der Waals surface area contributed by atoms with E-state index >= 15 is 0 Å². The molecule has 1 aromatic heterocycles. The van der Waals surface area contributed by atoms with Gasteiger partial charge < -0.3 is 10.7 Å². The van der Waals surface area contributed by atoms with Gasteiger partial charge in [0, 0.05) is 18.3 Å². The highest BCUT2D eigenvalue weighted by Gasteiger charge is 2.04. The third kappa shape index (κ3) is 2.50. The van der Waals surface area contributed by atoms with Crippen LogP contribution in [-0.4, -0.2) is 24.3 Å². The van der Waals surface area contributed by atoms with Crippen molar-refractivity contribution in [2.24, 2.45) is 0 Å². The van der Waals surface area contributed by atoms with Crippen molar-refractivity contribution in [2.45, 2.75) is 6.92 Å². The highest BCUT2D eigenvalue weighted by atomic mass is 35.5. The monoisotopic (exact) mass is 197 g/mol. The number of pyridine rings is 1. The summed E-state index contributed by atoms with van der Waals surface area (Å²) in [6.45, 7) is 2.47. The molecule has 1 heterocycles. The lowest BCUT2D eigenvalue weighted by Crippen LogP contribution is -2.19. The summed E-state index contributed by atoms with van der Waals surface area (Å²) in [5.41, 5.74) is 2.36. The Hall–Kier alpha value is -0.930. The minimum absolute atomic E-state index is 0.471. The first-order valence-electron chi connectivity index (χ1n) is 3.99. The molecule has 0 saturated carbocycles. The Labute approximate surface area is 82.6 Å². The second-order valence-electron chi connectivity index (χ2n) is 2.83. The van der Waals surface area contributed by atoms with Crippen LogP contribution in [0.1, 0.15) is 11.1 Å². The summed E-state index contributed by atoms with van der Waals surface area (Å²) >= 11 is 5.70. The Morgan fingerprint density at radius 2 is 2.38 bits per heavy atom. The maximum atomic E-state index is 7.70. The van der Waals surface area contributed by atoms with Crippen molar-refractivity contribution in [2.75, 3.05) is 13.6 Å². The van der Waals surface area contributed by atoms with Gasteiger partial charge in [-0.2, -0.15) is 0 Å². The normalized spacial score (nSPS) is 10.1. The van der Waals surface area contributed by atoms with Crippen LogP contribution in [0.4, 0.5) is 0 Å². The maximum Gasteiger partial charge on any atom is 0.129 e. The first-order chi connectivity index (χ1) is 6.15. The van der Waals surface area contributed by atoms with E-state index in [2.05, 4.69) is 10.3 Å². The first-order valence-corrected chi connectivity index (χ1v) is 4.37. The van der Waals surface area contributed by atoms with Crippen LogP contribution in [-0.2, 0) is 0 Å². The molecule has 0 fully saturated rings. The van der Waals surface area contributed by atoms with Gasteiger partial charge in [0.1, 0.15) is 5.15 Å². The summed E-state index contributed by atoms with van der Waals surface area (Å²) in [6, 6.07) is 1.76. The Balaban J connectivity index is 2.95. The second-order valence-corrected chi connectivity index (χ2v) is 3.22. The van der Waals surface area contributed by atoms with Gasteiger partial charge in [0.05, 0.1) is 5.71 Å². The second kappa shape index (κ2) is 4.35. The minimum Gasteiger partial charge on any atom is -0.314 e. The number of halogens is 1. The summed E-state index contributed by atoms with van der Waals surface area (Å²) in [7, 11) is 1.81. The number of aryl methyl sites for hydroxylation is 1. The Morgan fingerprint density at radius 1 is 1.69 bits per heavy atom. The van der Waals surface area contributed by atoms with Gasteiger partial charge in [-0.15, -0.1) is 0 Å². The molecule has 0 aromatic carbocycles. The quantitative estimate of drug-likeness (QED) is 0.572. The molecule has 70 valence electrons. The fraction of sp³-hybridized carbons (Fsp3) is 0.333. The fourth-order valence-corrected chi connectivity index (χ4v) is 1.32. The molecule has 0 unspecified atom stereocenters. The number of nitrogens with zero attached hydrogens (tertiary/aromatic N) is 1. The summed E-state index contributed by atoms with van der Waals surface area (Å²) in [5.74, 6) is 0. The molecular weight excluding hydrogens is 186 g/mol. The highest BCUT2D eigenvalue weighted by Crippen LogP contribution is 2.11. The smallest absolute Gasteiger partial charge is 0.129 e. The molecule has 0 radical (unpaired) electrons. The Bertz CT molecular complexity index is 323. The van der Waals surface area contributed by atoms with E-state index in [-0.39, 0.29) is 0 Å². The van der Waals surface area contributed by atoms with E-state index in [0.29, 0.717) is 17.4 Å². The van der Waals surface area contributed by atoms with Gasteiger partial charge in [-0.05, 0) is 25.6 Å². The topological polar surface area (TPSA) is 48.8 Å². The number of hydrogen-bond acceptors (Lipinski definition) is 3. The van der Waals surface area contributed by atoms with Gasteiger partial charge in [0.15, 0.2) is 0 Å².